The topological polar surface area (TPSA) is 69.9 Å². The molecule has 64 valence electrons. The fourth-order valence-corrected chi connectivity index (χ4v) is 1.23. The highest BCUT2D eigenvalue weighted by Gasteiger charge is 2.48. The fraction of sp³-hybridized carbons (Fsp3) is 1.00. The van der Waals surface area contributed by atoms with Gasteiger partial charge < -0.3 is 20.1 Å². The molecule has 4 nitrogen and oxygen atoms in total. The second-order valence-corrected chi connectivity index (χ2v) is 3.17. The molecule has 0 bridgehead atoms. The van der Waals surface area contributed by atoms with E-state index in [2.05, 4.69) is 0 Å². The maximum Gasteiger partial charge on any atom is 0.149 e. The molecule has 0 radical (unpaired) electrons. The van der Waals surface area contributed by atoms with Gasteiger partial charge in [0.1, 0.15) is 20.1 Å². The Morgan fingerprint density at radius 1 is 1.64 bits per heavy atom. The Kier molecular flexibility index (Phi) is 2.25. The Labute approximate surface area is 66.2 Å². The van der Waals surface area contributed by atoms with Crippen molar-refractivity contribution in [2.24, 2.45) is 0 Å². The first-order valence-electron chi connectivity index (χ1n) is 3.67. The average Bonchev–Trinajstić information content (AvgIpc) is 2.14. The maximum absolute atomic E-state index is 9.55. The van der Waals surface area contributed by atoms with Crippen LogP contribution in [0.5, 0.6) is 0 Å². The Morgan fingerprint density at radius 2 is 2.18 bits per heavy atom. The van der Waals surface area contributed by atoms with Crippen molar-refractivity contribution in [3.05, 3.63) is 0 Å². The molecule has 0 aromatic rings. The fourth-order valence-electron chi connectivity index (χ4n) is 1.23. The highest BCUT2D eigenvalue weighted by molar-refractivity contribution is 6.15. The van der Waals surface area contributed by atoms with E-state index in [0.29, 0.717) is 0 Å². The van der Waals surface area contributed by atoms with Crippen LogP contribution >= 0.6 is 0 Å². The van der Waals surface area contributed by atoms with Gasteiger partial charge >= 0.3 is 0 Å². The molecule has 5 heteroatoms. The molecule has 1 heterocycles. The Balaban J connectivity index is 2.71. The molecule has 1 aliphatic heterocycles. The summed E-state index contributed by atoms with van der Waals surface area (Å²) in [6, 6.07) is 0. The van der Waals surface area contributed by atoms with Crippen molar-refractivity contribution in [1.29, 1.82) is 0 Å². The molecule has 3 N–H and O–H groups in total. The molecular weight excluding hydrogens is 147 g/mol. The van der Waals surface area contributed by atoms with E-state index in [-0.39, 0.29) is 6.61 Å². The van der Waals surface area contributed by atoms with Crippen molar-refractivity contribution >= 4 is 7.85 Å². The van der Waals surface area contributed by atoms with Gasteiger partial charge in [0.25, 0.3) is 0 Å². The SMILES string of the molecule is BC1(O)C(O)C(CO)O[C@H]1C. The van der Waals surface area contributed by atoms with Crippen molar-refractivity contribution in [2.45, 2.75) is 30.7 Å². The first-order chi connectivity index (χ1) is 5.00. The van der Waals surface area contributed by atoms with E-state index in [1.54, 1.807) is 6.92 Å². The van der Waals surface area contributed by atoms with Crippen molar-refractivity contribution in [3.8, 4) is 0 Å². The van der Waals surface area contributed by atoms with E-state index in [0.717, 1.165) is 0 Å². The maximum atomic E-state index is 9.55. The van der Waals surface area contributed by atoms with Crippen LogP contribution in [0.4, 0.5) is 0 Å². The molecule has 3 unspecified atom stereocenters. The third-order valence-corrected chi connectivity index (χ3v) is 2.33. The zero-order chi connectivity index (χ0) is 8.65. The summed E-state index contributed by atoms with van der Waals surface area (Å²) in [6.45, 7) is 1.40. The Bertz CT molecular complexity index is 150. The average molecular weight is 160 g/mol. The normalized spacial score (nSPS) is 51.5. The summed E-state index contributed by atoms with van der Waals surface area (Å²) >= 11 is 0. The predicted octanol–water partition coefficient (Wildman–Crippen LogP) is -2.55. The number of hydrogen-bond donors (Lipinski definition) is 3. The second-order valence-electron chi connectivity index (χ2n) is 3.17. The molecule has 0 spiro atoms. The number of hydrogen-bond acceptors (Lipinski definition) is 4. The van der Waals surface area contributed by atoms with E-state index < -0.39 is 23.8 Å². The highest BCUT2D eigenvalue weighted by atomic mass is 16.6. The van der Waals surface area contributed by atoms with Crippen LogP contribution < -0.4 is 0 Å². The largest absolute Gasteiger partial charge is 0.394 e. The highest BCUT2D eigenvalue weighted by Crippen LogP contribution is 2.27. The van der Waals surface area contributed by atoms with E-state index >= 15 is 0 Å². The van der Waals surface area contributed by atoms with Crippen LogP contribution in [0.15, 0.2) is 0 Å². The number of rotatable bonds is 1. The minimum absolute atomic E-state index is 0.262. The third-order valence-electron chi connectivity index (χ3n) is 2.33. The Hall–Kier alpha value is -0.0951. The van der Waals surface area contributed by atoms with Gasteiger partial charge in [0.15, 0.2) is 0 Å². The van der Waals surface area contributed by atoms with Crippen LogP contribution in [0, 0.1) is 0 Å². The molecule has 0 aromatic carbocycles. The lowest BCUT2D eigenvalue weighted by Crippen LogP contribution is -2.48. The lowest BCUT2D eigenvalue weighted by molar-refractivity contribution is -0.0176. The molecule has 0 aliphatic carbocycles. The molecule has 0 amide bonds. The molecule has 1 rings (SSSR count). The molecular formula is C6H13BO4. The van der Waals surface area contributed by atoms with Gasteiger partial charge in [-0.2, -0.15) is 0 Å². The van der Waals surface area contributed by atoms with Crippen LogP contribution in [0.1, 0.15) is 6.92 Å². The summed E-state index contributed by atoms with van der Waals surface area (Å²) in [4.78, 5) is 0. The van der Waals surface area contributed by atoms with Crippen LogP contribution in [0.3, 0.4) is 0 Å². The monoisotopic (exact) mass is 160 g/mol. The number of ether oxygens (including phenoxy) is 1. The second kappa shape index (κ2) is 2.75. The molecule has 1 fully saturated rings. The van der Waals surface area contributed by atoms with Gasteiger partial charge in [-0.05, 0) is 6.92 Å². The molecule has 1 saturated heterocycles. The molecule has 0 aromatic heterocycles. The summed E-state index contributed by atoms with van der Waals surface area (Å²) in [5.41, 5.74) is -1.24. The zero-order valence-corrected chi connectivity index (χ0v) is 6.69. The van der Waals surface area contributed by atoms with Gasteiger partial charge in [-0.25, -0.2) is 0 Å². The molecule has 11 heavy (non-hydrogen) atoms. The van der Waals surface area contributed by atoms with Gasteiger partial charge in [0.05, 0.1) is 18.2 Å². The lowest BCUT2D eigenvalue weighted by atomic mass is 9.73. The first kappa shape index (κ1) is 9.00. The summed E-state index contributed by atoms with van der Waals surface area (Å²) in [7, 11) is 1.50. The van der Waals surface area contributed by atoms with E-state index in [4.69, 9.17) is 9.84 Å². The minimum Gasteiger partial charge on any atom is -0.394 e. The standard InChI is InChI=1S/C6H13BO4/c1-3-6(7,10)5(9)4(2-8)11-3/h3-5,8-10H,2,7H2,1H3/t3-,4?,5?,6?/m0/s1. The smallest absolute Gasteiger partial charge is 0.149 e. The summed E-state index contributed by atoms with van der Waals surface area (Å²) in [5.74, 6) is 0. The van der Waals surface area contributed by atoms with Crippen molar-refractivity contribution in [3.63, 3.8) is 0 Å². The summed E-state index contributed by atoms with van der Waals surface area (Å²) in [5, 5.41) is 27.6. The van der Waals surface area contributed by atoms with Crippen LogP contribution in [-0.2, 0) is 4.74 Å². The van der Waals surface area contributed by atoms with Crippen LogP contribution in [-0.4, -0.2) is 53.6 Å². The quantitative estimate of drug-likeness (QED) is 0.369. The van der Waals surface area contributed by atoms with Gasteiger partial charge in [-0.15, -0.1) is 0 Å². The van der Waals surface area contributed by atoms with E-state index in [1.165, 1.54) is 7.85 Å². The first-order valence-corrected chi connectivity index (χ1v) is 3.67. The van der Waals surface area contributed by atoms with Gasteiger partial charge in [-0.1, -0.05) is 0 Å². The van der Waals surface area contributed by atoms with E-state index in [9.17, 15) is 10.2 Å². The molecule has 4 atom stereocenters. The third kappa shape index (κ3) is 1.29. The summed E-state index contributed by atoms with van der Waals surface area (Å²) in [6.07, 6.45) is -2.09. The minimum atomic E-state index is -1.24. The number of aliphatic hydroxyl groups is 3. The van der Waals surface area contributed by atoms with E-state index in [1.807, 2.05) is 0 Å². The number of aliphatic hydroxyl groups excluding tert-OH is 2. The van der Waals surface area contributed by atoms with Crippen LogP contribution in [0.25, 0.3) is 0 Å². The van der Waals surface area contributed by atoms with Gasteiger partial charge in [0.2, 0.25) is 0 Å². The Morgan fingerprint density at radius 3 is 2.36 bits per heavy atom. The molecule has 0 saturated carbocycles. The zero-order valence-electron chi connectivity index (χ0n) is 6.69. The lowest BCUT2D eigenvalue weighted by Gasteiger charge is -2.24. The predicted molar refractivity (Wildman–Crippen MR) is 40.9 cm³/mol. The van der Waals surface area contributed by atoms with Gasteiger partial charge in [0, 0.05) is 0 Å². The van der Waals surface area contributed by atoms with Gasteiger partial charge in [-0.3, -0.25) is 0 Å². The van der Waals surface area contributed by atoms with Crippen molar-refractivity contribution in [1.82, 2.24) is 0 Å². The van der Waals surface area contributed by atoms with Crippen molar-refractivity contribution in [2.75, 3.05) is 6.61 Å². The van der Waals surface area contributed by atoms with Crippen molar-refractivity contribution < 1.29 is 20.1 Å². The molecule has 1 aliphatic rings. The van der Waals surface area contributed by atoms with Crippen LogP contribution in [0.2, 0.25) is 0 Å². The summed E-state index contributed by atoms with van der Waals surface area (Å²) < 4.78 is 5.09.